The van der Waals surface area contributed by atoms with Gasteiger partial charge in [-0.1, -0.05) is 13.8 Å². The molecule has 0 bridgehead atoms. The van der Waals surface area contributed by atoms with Crippen molar-refractivity contribution in [3.8, 4) is 0 Å². The van der Waals surface area contributed by atoms with Crippen molar-refractivity contribution >= 4 is 0 Å². The molecule has 1 rings (SSSR count). The maximum absolute atomic E-state index is 5.17. The van der Waals surface area contributed by atoms with Crippen molar-refractivity contribution in [2.45, 2.75) is 26.3 Å². The van der Waals surface area contributed by atoms with Gasteiger partial charge in [0.15, 0.2) is 0 Å². The van der Waals surface area contributed by atoms with E-state index in [1.165, 1.54) is 26.1 Å². The van der Waals surface area contributed by atoms with Crippen LogP contribution in [-0.4, -0.2) is 50.8 Å². The molecule has 1 atom stereocenters. The van der Waals surface area contributed by atoms with Crippen molar-refractivity contribution < 1.29 is 4.74 Å². The molecule has 1 aliphatic rings. The Balaban J connectivity index is 2.04. The molecule has 3 nitrogen and oxygen atoms in total. The fraction of sp³-hybridized carbons (Fsp3) is 1.00. The highest BCUT2D eigenvalue weighted by Gasteiger charge is 2.21. The molecule has 0 amide bonds. The lowest BCUT2D eigenvalue weighted by Gasteiger charge is -2.17. The van der Waals surface area contributed by atoms with Crippen LogP contribution in [0.25, 0.3) is 0 Å². The van der Waals surface area contributed by atoms with E-state index in [-0.39, 0.29) is 0 Å². The van der Waals surface area contributed by atoms with Gasteiger partial charge in [0.2, 0.25) is 0 Å². The third-order valence-electron chi connectivity index (χ3n) is 2.75. The Labute approximate surface area is 87.8 Å². The summed E-state index contributed by atoms with van der Waals surface area (Å²) in [5.41, 5.74) is 0. The van der Waals surface area contributed by atoms with E-state index in [0.717, 1.165) is 19.1 Å². The fourth-order valence-electron chi connectivity index (χ4n) is 2.00. The van der Waals surface area contributed by atoms with E-state index in [1.54, 1.807) is 7.11 Å². The zero-order valence-electron chi connectivity index (χ0n) is 9.75. The molecular weight excluding hydrogens is 176 g/mol. The van der Waals surface area contributed by atoms with Gasteiger partial charge in [-0.05, 0) is 18.9 Å². The summed E-state index contributed by atoms with van der Waals surface area (Å²) in [6.45, 7) is 10.1. The number of hydrogen-bond acceptors (Lipinski definition) is 3. The molecule has 0 aromatic rings. The molecule has 14 heavy (non-hydrogen) atoms. The van der Waals surface area contributed by atoms with Gasteiger partial charge in [0, 0.05) is 32.8 Å². The van der Waals surface area contributed by atoms with Crippen molar-refractivity contribution in [2.75, 3.05) is 39.9 Å². The summed E-state index contributed by atoms with van der Waals surface area (Å²) in [6, 6.07) is 0.604. The molecule has 84 valence electrons. The van der Waals surface area contributed by atoms with Crippen molar-refractivity contribution in [2.24, 2.45) is 5.92 Å². The number of rotatable bonds is 6. The van der Waals surface area contributed by atoms with Crippen LogP contribution in [0.2, 0.25) is 0 Å². The summed E-state index contributed by atoms with van der Waals surface area (Å²) < 4.78 is 5.17. The van der Waals surface area contributed by atoms with Crippen LogP contribution in [0.5, 0.6) is 0 Å². The summed E-state index contributed by atoms with van der Waals surface area (Å²) >= 11 is 0. The molecular formula is C11H24N2O. The van der Waals surface area contributed by atoms with Crippen molar-refractivity contribution in [3.05, 3.63) is 0 Å². The molecule has 1 aliphatic heterocycles. The zero-order valence-corrected chi connectivity index (χ0v) is 9.75. The molecule has 0 spiro atoms. The Morgan fingerprint density at radius 1 is 1.50 bits per heavy atom. The number of nitrogens with one attached hydrogen (secondary N) is 1. The molecule has 0 aliphatic carbocycles. The quantitative estimate of drug-likeness (QED) is 0.691. The van der Waals surface area contributed by atoms with E-state index in [9.17, 15) is 0 Å². The number of ether oxygens (including phenoxy) is 1. The molecule has 3 heteroatoms. The third kappa shape index (κ3) is 4.40. The molecule has 1 heterocycles. The Bertz CT molecular complexity index is 150. The molecule has 0 saturated carbocycles. The van der Waals surface area contributed by atoms with E-state index in [1.807, 2.05) is 0 Å². The average Bonchev–Trinajstić information content (AvgIpc) is 2.53. The van der Waals surface area contributed by atoms with E-state index >= 15 is 0 Å². The monoisotopic (exact) mass is 200 g/mol. The van der Waals surface area contributed by atoms with Crippen molar-refractivity contribution in [1.29, 1.82) is 0 Å². The van der Waals surface area contributed by atoms with Gasteiger partial charge in [0.05, 0.1) is 6.61 Å². The number of nitrogens with zero attached hydrogens (tertiary/aromatic N) is 1. The Hall–Kier alpha value is -0.120. The largest absolute Gasteiger partial charge is 0.384 e. The minimum atomic E-state index is 0.604. The van der Waals surface area contributed by atoms with Crippen LogP contribution in [0.3, 0.4) is 0 Å². The number of hydrogen-bond donors (Lipinski definition) is 1. The Kier molecular flexibility index (Phi) is 5.45. The second kappa shape index (κ2) is 6.38. The summed E-state index contributed by atoms with van der Waals surface area (Å²) in [6.07, 6.45) is 1.30. The third-order valence-corrected chi connectivity index (χ3v) is 2.75. The first-order valence-corrected chi connectivity index (χ1v) is 5.67. The average molecular weight is 200 g/mol. The topological polar surface area (TPSA) is 24.5 Å². The van der Waals surface area contributed by atoms with E-state index in [4.69, 9.17) is 4.74 Å². The molecule has 1 fully saturated rings. The van der Waals surface area contributed by atoms with E-state index in [2.05, 4.69) is 24.1 Å². The molecule has 1 saturated heterocycles. The first-order chi connectivity index (χ1) is 6.72. The van der Waals surface area contributed by atoms with Crippen molar-refractivity contribution in [1.82, 2.24) is 10.2 Å². The highest BCUT2D eigenvalue weighted by atomic mass is 16.5. The van der Waals surface area contributed by atoms with Crippen LogP contribution >= 0.6 is 0 Å². The Morgan fingerprint density at radius 2 is 2.29 bits per heavy atom. The molecule has 1 N–H and O–H groups in total. The van der Waals surface area contributed by atoms with Crippen LogP contribution in [0.1, 0.15) is 20.3 Å². The molecule has 1 unspecified atom stereocenters. The zero-order chi connectivity index (χ0) is 10.4. The van der Waals surface area contributed by atoms with Gasteiger partial charge in [-0.25, -0.2) is 0 Å². The summed E-state index contributed by atoms with van der Waals surface area (Å²) in [7, 11) is 1.79. The number of methoxy groups -OCH3 is 1. The van der Waals surface area contributed by atoms with E-state index < -0.39 is 0 Å². The normalized spacial score (nSPS) is 23.6. The highest BCUT2D eigenvalue weighted by molar-refractivity contribution is 4.75. The van der Waals surface area contributed by atoms with Gasteiger partial charge >= 0.3 is 0 Å². The predicted octanol–water partition coefficient (Wildman–Crippen LogP) is 0.953. The van der Waals surface area contributed by atoms with Gasteiger partial charge in [0.1, 0.15) is 0 Å². The van der Waals surface area contributed by atoms with Gasteiger partial charge < -0.3 is 15.0 Å². The van der Waals surface area contributed by atoms with Crippen LogP contribution in [0, 0.1) is 5.92 Å². The first kappa shape index (κ1) is 12.0. The maximum Gasteiger partial charge on any atom is 0.0503 e. The lowest BCUT2D eigenvalue weighted by molar-refractivity contribution is 0.153. The summed E-state index contributed by atoms with van der Waals surface area (Å²) in [4.78, 5) is 2.53. The molecule has 0 aromatic carbocycles. The van der Waals surface area contributed by atoms with Crippen LogP contribution in [-0.2, 0) is 4.74 Å². The van der Waals surface area contributed by atoms with Gasteiger partial charge in [-0.15, -0.1) is 0 Å². The van der Waals surface area contributed by atoms with E-state index in [0.29, 0.717) is 6.04 Å². The first-order valence-electron chi connectivity index (χ1n) is 5.67. The standard InChI is InChI=1S/C11H24N2O/c1-10(2)12-5-7-13-6-4-11(8-13)9-14-3/h10-12H,4-9H2,1-3H3. The lowest BCUT2D eigenvalue weighted by Crippen LogP contribution is -2.33. The van der Waals surface area contributed by atoms with Crippen LogP contribution in [0.4, 0.5) is 0 Å². The summed E-state index contributed by atoms with van der Waals surface area (Å²) in [5.74, 6) is 0.763. The summed E-state index contributed by atoms with van der Waals surface area (Å²) in [5, 5.41) is 3.45. The fourth-order valence-corrected chi connectivity index (χ4v) is 2.00. The lowest BCUT2D eigenvalue weighted by atomic mass is 10.1. The van der Waals surface area contributed by atoms with Gasteiger partial charge in [-0.3, -0.25) is 0 Å². The SMILES string of the molecule is COCC1CCN(CCNC(C)C)C1. The maximum atomic E-state index is 5.17. The minimum Gasteiger partial charge on any atom is -0.384 e. The smallest absolute Gasteiger partial charge is 0.0503 e. The second-order valence-corrected chi connectivity index (χ2v) is 4.52. The minimum absolute atomic E-state index is 0.604. The molecule has 0 aromatic heterocycles. The highest BCUT2D eigenvalue weighted by Crippen LogP contribution is 2.15. The van der Waals surface area contributed by atoms with Crippen LogP contribution in [0.15, 0.2) is 0 Å². The molecule has 0 radical (unpaired) electrons. The van der Waals surface area contributed by atoms with Gasteiger partial charge in [0.25, 0.3) is 0 Å². The van der Waals surface area contributed by atoms with Gasteiger partial charge in [-0.2, -0.15) is 0 Å². The second-order valence-electron chi connectivity index (χ2n) is 4.52. The predicted molar refractivity (Wildman–Crippen MR) is 59.6 cm³/mol. The van der Waals surface area contributed by atoms with Crippen LogP contribution < -0.4 is 5.32 Å². The Morgan fingerprint density at radius 3 is 2.93 bits per heavy atom. The number of likely N-dealkylation sites (tertiary alicyclic amines) is 1. The van der Waals surface area contributed by atoms with Crippen molar-refractivity contribution in [3.63, 3.8) is 0 Å².